The molecule has 2 heterocycles. The molecule has 8 heteroatoms. The average Bonchev–Trinajstić information content (AvgIpc) is 3.15. The molecule has 4 rings (SSSR count). The van der Waals surface area contributed by atoms with Crippen molar-refractivity contribution in [3.05, 3.63) is 78.9 Å². The van der Waals surface area contributed by atoms with Crippen molar-refractivity contribution in [2.45, 2.75) is 20.5 Å². The molecule has 2 aromatic heterocycles. The molecule has 0 saturated carbocycles. The van der Waals surface area contributed by atoms with E-state index in [1.165, 1.54) is 0 Å². The second kappa shape index (κ2) is 8.26. The summed E-state index contributed by atoms with van der Waals surface area (Å²) in [6.07, 6.45) is 0. The SMILES string of the molecule is Cc1nn(Cn2nc(-c3ccc(Br)cc3)c(Cl)c2-c2ccc(Br)cc2)c(C)c1Cl. The van der Waals surface area contributed by atoms with Crippen molar-refractivity contribution in [3.8, 4) is 22.5 Å². The van der Waals surface area contributed by atoms with Crippen LogP contribution in [0.5, 0.6) is 0 Å². The van der Waals surface area contributed by atoms with E-state index in [1.807, 2.05) is 71.7 Å². The van der Waals surface area contributed by atoms with Crippen LogP contribution in [0.3, 0.4) is 0 Å². The Kier molecular flexibility index (Phi) is 5.89. The van der Waals surface area contributed by atoms with Crippen LogP contribution in [-0.4, -0.2) is 19.6 Å². The molecule has 0 amide bonds. The van der Waals surface area contributed by atoms with Crippen LogP contribution in [0.25, 0.3) is 22.5 Å². The first-order chi connectivity index (χ1) is 13.8. The molecule has 4 aromatic rings. The molecule has 0 unspecified atom stereocenters. The van der Waals surface area contributed by atoms with Gasteiger partial charge in [-0.2, -0.15) is 10.2 Å². The zero-order valence-electron chi connectivity index (χ0n) is 15.6. The van der Waals surface area contributed by atoms with Crippen molar-refractivity contribution in [2.75, 3.05) is 0 Å². The lowest BCUT2D eigenvalue weighted by Gasteiger charge is -2.10. The lowest BCUT2D eigenvalue weighted by atomic mass is 10.1. The predicted octanol–water partition coefficient (Wildman–Crippen LogP) is 7.37. The van der Waals surface area contributed by atoms with E-state index in [1.54, 1.807) is 0 Å². The van der Waals surface area contributed by atoms with Crippen LogP contribution in [0.15, 0.2) is 57.5 Å². The third kappa shape index (κ3) is 4.04. The molecule has 0 spiro atoms. The Morgan fingerprint density at radius 2 is 1.31 bits per heavy atom. The first kappa shape index (κ1) is 20.7. The fraction of sp³-hybridized carbons (Fsp3) is 0.143. The summed E-state index contributed by atoms with van der Waals surface area (Å²) in [5.41, 5.74) is 5.16. The van der Waals surface area contributed by atoms with E-state index in [0.29, 0.717) is 16.7 Å². The van der Waals surface area contributed by atoms with Crippen LogP contribution >= 0.6 is 55.1 Å². The summed E-state index contributed by atoms with van der Waals surface area (Å²) >= 11 is 20.2. The number of aromatic nitrogens is 4. The lowest BCUT2D eigenvalue weighted by molar-refractivity contribution is 0.496. The molecular weight excluding hydrogens is 539 g/mol. The normalized spacial score (nSPS) is 11.2. The Labute approximate surface area is 195 Å². The van der Waals surface area contributed by atoms with Gasteiger partial charge in [-0.25, -0.2) is 9.36 Å². The Bertz CT molecular complexity index is 1180. The molecule has 0 fully saturated rings. The summed E-state index contributed by atoms with van der Waals surface area (Å²) in [6.45, 7) is 4.24. The quantitative estimate of drug-likeness (QED) is 0.264. The fourth-order valence-electron chi connectivity index (χ4n) is 3.16. The molecule has 0 saturated heterocycles. The van der Waals surface area contributed by atoms with Gasteiger partial charge < -0.3 is 0 Å². The first-order valence-electron chi connectivity index (χ1n) is 8.83. The number of hydrogen-bond donors (Lipinski definition) is 0. The first-order valence-corrected chi connectivity index (χ1v) is 11.2. The van der Waals surface area contributed by atoms with Gasteiger partial charge >= 0.3 is 0 Å². The fourth-order valence-corrected chi connectivity index (χ4v) is 4.18. The zero-order valence-corrected chi connectivity index (χ0v) is 20.3. The van der Waals surface area contributed by atoms with Crippen molar-refractivity contribution in [2.24, 2.45) is 0 Å². The summed E-state index contributed by atoms with van der Waals surface area (Å²) < 4.78 is 5.72. The van der Waals surface area contributed by atoms with Crippen molar-refractivity contribution in [3.63, 3.8) is 0 Å². The van der Waals surface area contributed by atoms with Gasteiger partial charge in [-0.3, -0.25) is 0 Å². The second-order valence-corrected chi connectivity index (χ2v) is 9.24. The average molecular weight is 555 g/mol. The Morgan fingerprint density at radius 3 is 1.83 bits per heavy atom. The molecule has 29 heavy (non-hydrogen) atoms. The number of aryl methyl sites for hydroxylation is 1. The van der Waals surface area contributed by atoms with E-state index in [4.69, 9.17) is 28.3 Å². The van der Waals surface area contributed by atoms with Crippen LogP contribution in [0.4, 0.5) is 0 Å². The van der Waals surface area contributed by atoms with Gasteiger partial charge in [0, 0.05) is 20.1 Å². The molecule has 148 valence electrons. The summed E-state index contributed by atoms with van der Waals surface area (Å²) in [4.78, 5) is 0. The number of benzene rings is 2. The molecule has 0 aliphatic heterocycles. The molecule has 0 bridgehead atoms. The highest BCUT2D eigenvalue weighted by Crippen LogP contribution is 2.37. The van der Waals surface area contributed by atoms with Crippen LogP contribution in [0.1, 0.15) is 11.4 Å². The van der Waals surface area contributed by atoms with Gasteiger partial charge in [0.25, 0.3) is 0 Å². The summed E-state index contributed by atoms with van der Waals surface area (Å²) in [5, 5.41) is 10.6. The molecule has 0 radical (unpaired) electrons. The maximum Gasteiger partial charge on any atom is 0.134 e. The minimum absolute atomic E-state index is 0.404. The summed E-state index contributed by atoms with van der Waals surface area (Å²) in [6, 6.07) is 16.0. The van der Waals surface area contributed by atoms with Crippen LogP contribution < -0.4 is 0 Å². The summed E-state index contributed by atoms with van der Waals surface area (Å²) in [7, 11) is 0. The van der Waals surface area contributed by atoms with Crippen molar-refractivity contribution in [1.82, 2.24) is 19.6 Å². The van der Waals surface area contributed by atoms with E-state index < -0.39 is 0 Å². The minimum Gasteiger partial charge on any atom is -0.246 e. The third-order valence-corrected chi connectivity index (χ3v) is 6.65. The smallest absolute Gasteiger partial charge is 0.134 e. The van der Waals surface area contributed by atoms with Gasteiger partial charge in [0.2, 0.25) is 0 Å². The standard InChI is InChI=1S/C21H16Br2Cl2N4/c1-12-18(24)13(2)28(26-12)11-29-21(15-5-9-17(23)10-6-15)19(25)20(27-29)14-3-7-16(22)8-4-14/h3-10H,11H2,1-2H3. The van der Waals surface area contributed by atoms with Gasteiger partial charge in [-0.15, -0.1) is 0 Å². The predicted molar refractivity (Wildman–Crippen MR) is 126 cm³/mol. The number of hydrogen-bond acceptors (Lipinski definition) is 2. The molecule has 2 aromatic carbocycles. The topological polar surface area (TPSA) is 35.6 Å². The monoisotopic (exact) mass is 552 g/mol. The third-order valence-electron chi connectivity index (χ3n) is 4.69. The maximum atomic E-state index is 6.86. The minimum atomic E-state index is 0.404. The Balaban J connectivity index is 1.87. The molecule has 0 aliphatic rings. The lowest BCUT2D eigenvalue weighted by Crippen LogP contribution is -2.13. The number of halogens is 4. The van der Waals surface area contributed by atoms with Gasteiger partial charge in [-0.05, 0) is 38.1 Å². The maximum absolute atomic E-state index is 6.86. The van der Waals surface area contributed by atoms with Crippen molar-refractivity contribution < 1.29 is 0 Å². The highest BCUT2D eigenvalue weighted by atomic mass is 79.9. The van der Waals surface area contributed by atoms with E-state index in [-0.39, 0.29) is 0 Å². The number of rotatable bonds is 4. The van der Waals surface area contributed by atoms with Crippen molar-refractivity contribution in [1.29, 1.82) is 0 Å². The molecule has 0 aliphatic carbocycles. The van der Waals surface area contributed by atoms with Crippen molar-refractivity contribution >= 4 is 55.1 Å². The zero-order chi connectivity index (χ0) is 20.7. The highest BCUT2D eigenvalue weighted by molar-refractivity contribution is 9.10. The van der Waals surface area contributed by atoms with Crippen LogP contribution in [-0.2, 0) is 6.67 Å². The Hall–Kier alpha value is -1.60. The second-order valence-electron chi connectivity index (χ2n) is 6.65. The summed E-state index contributed by atoms with van der Waals surface area (Å²) in [5.74, 6) is 0. The van der Waals surface area contributed by atoms with Gasteiger partial charge in [0.05, 0.1) is 27.1 Å². The van der Waals surface area contributed by atoms with Gasteiger partial charge in [0.15, 0.2) is 0 Å². The molecule has 4 nitrogen and oxygen atoms in total. The highest BCUT2D eigenvalue weighted by Gasteiger charge is 2.21. The van der Waals surface area contributed by atoms with Gasteiger partial charge in [0.1, 0.15) is 12.4 Å². The Morgan fingerprint density at radius 1 is 0.759 bits per heavy atom. The van der Waals surface area contributed by atoms with E-state index in [9.17, 15) is 0 Å². The van der Waals surface area contributed by atoms with E-state index >= 15 is 0 Å². The molecule has 0 N–H and O–H groups in total. The van der Waals surface area contributed by atoms with Crippen LogP contribution in [0, 0.1) is 13.8 Å². The van der Waals surface area contributed by atoms with E-state index in [0.717, 1.165) is 42.8 Å². The van der Waals surface area contributed by atoms with E-state index in [2.05, 4.69) is 37.0 Å². The largest absolute Gasteiger partial charge is 0.246 e. The molecule has 0 atom stereocenters. The van der Waals surface area contributed by atoms with Crippen LogP contribution in [0.2, 0.25) is 10.0 Å². The molecular formula is C21H16Br2Cl2N4. The number of nitrogens with zero attached hydrogens (tertiary/aromatic N) is 4. The van der Waals surface area contributed by atoms with Gasteiger partial charge in [-0.1, -0.05) is 79.3 Å².